The Morgan fingerprint density at radius 1 is 1.41 bits per heavy atom. The number of hydrogen-bond donors (Lipinski definition) is 0. The third-order valence-electron chi connectivity index (χ3n) is 3.20. The quantitative estimate of drug-likeness (QED) is 0.832. The zero-order valence-corrected chi connectivity index (χ0v) is 10.5. The van der Waals surface area contributed by atoms with Gasteiger partial charge >= 0.3 is 0 Å². The molecule has 0 amide bonds. The van der Waals surface area contributed by atoms with Gasteiger partial charge in [0.1, 0.15) is 11.6 Å². The van der Waals surface area contributed by atoms with Crippen LogP contribution in [0.25, 0.3) is 0 Å². The van der Waals surface area contributed by atoms with Crippen molar-refractivity contribution < 1.29 is 17.5 Å². The largest absolute Gasteiger partial charge is 0.496 e. The van der Waals surface area contributed by atoms with E-state index in [4.69, 9.17) is 4.74 Å². The Labute approximate surface area is 101 Å². The topological polar surface area (TPSA) is 43.4 Å². The summed E-state index contributed by atoms with van der Waals surface area (Å²) in [5, 5.41) is -0.299. The first kappa shape index (κ1) is 12.4. The second-order valence-electron chi connectivity index (χ2n) is 4.28. The van der Waals surface area contributed by atoms with Gasteiger partial charge in [0.05, 0.1) is 18.1 Å². The van der Waals surface area contributed by atoms with Gasteiger partial charge in [-0.3, -0.25) is 0 Å². The van der Waals surface area contributed by atoms with Crippen LogP contribution in [0, 0.1) is 5.82 Å². The molecule has 0 atom stereocenters. The van der Waals surface area contributed by atoms with E-state index in [1.807, 2.05) is 0 Å². The van der Waals surface area contributed by atoms with Crippen LogP contribution in [0.1, 0.15) is 24.8 Å². The second kappa shape index (κ2) is 4.64. The van der Waals surface area contributed by atoms with E-state index in [1.54, 1.807) is 6.07 Å². The fraction of sp³-hybridized carbons (Fsp3) is 0.500. The molecule has 5 heteroatoms. The first-order valence-corrected chi connectivity index (χ1v) is 7.29. The molecule has 1 aromatic carbocycles. The smallest absolute Gasteiger partial charge is 0.157 e. The Morgan fingerprint density at radius 2 is 2.12 bits per heavy atom. The summed E-state index contributed by atoms with van der Waals surface area (Å²) in [6, 6.07) is 4.34. The molecule has 1 aliphatic carbocycles. The highest BCUT2D eigenvalue weighted by atomic mass is 32.2. The van der Waals surface area contributed by atoms with E-state index in [2.05, 4.69) is 0 Å². The van der Waals surface area contributed by atoms with Crippen molar-refractivity contribution in [2.75, 3.05) is 7.11 Å². The Kier molecular flexibility index (Phi) is 3.38. The summed E-state index contributed by atoms with van der Waals surface area (Å²) < 4.78 is 42.6. The predicted octanol–water partition coefficient (Wildman–Crippen LogP) is 2.30. The third kappa shape index (κ3) is 2.44. The van der Waals surface area contributed by atoms with Crippen LogP contribution in [-0.4, -0.2) is 20.8 Å². The van der Waals surface area contributed by atoms with Crippen molar-refractivity contribution in [1.82, 2.24) is 0 Å². The molecule has 0 saturated heterocycles. The standard InChI is InChI=1S/C12H15FO3S/c1-16-12-7-3-6-11(13)10(12)8-17(14,15)9-4-2-5-9/h3,6-7,9H,2,4-5,8H2,1H3. The molecule has 0 aliphatic heterocycles. The lowest BCUT2D eigenvalue weighted by atomic mass is 10.00. The van der Waals surface area contributed by atoms with Crippen molar-refractivity contribution in [1.29, 1.82) is 0 Å². The summed E-state index contributed by atoms with van der Waals surface area (Å²) in [5.74, 6) is -0.492. The molecule has 1 saturated carbocycles. The first-order chi connectivity index (χ1) is 8.04. The van der Waals surface area contributed by atoms with E-state index in [0.717, 1.165) is 6.42 Å². The molecule has 94 valence electrons. The van der Waals surface area contributed by atoms with Crippen LogP contribution in [0.15, 0.2) is 18.2 Å². The molecule has 1 fully saturated rings. The molecular formula is C12H15FO3S. The van der Waals surface area contributed by atoms with Crippen LogP contribution in [0.3, 0.4) is 0 Å². The second-order valence-corrected chi connectivity index (χ2v) is 6.56. The van der Waals surface area contributed by atoms with E-state index in [0.29, 0.717) is 18.6 Å². The Morgan fingerprint density at radius 3 is 2.65 bits per heavy atom. The van der Waals surface area contributed by atoms with Gasteiger partial charge in [-0.15, -0.1) is 0 Å². The van der Waals surface area contributed by atoms with E-state index in [9.17, 15) is 12.8 Å². The highest BCUT2D eigenvalue weighted by Crippen LogP contribution is 2.31. The molecule has 0 heterocycles. The summed E-state index contributed by atoms with van der Waals surface area (Å²) in [7, 11) is -1.84. The summed E-state index contributed by atoms with van der Waals surface area (Å²) in [6.45, 7) is 0. The Balaban J connectivity index is 2.29. The predicted molar refractivity (Wildman–Crippen MR) is 63.2 cm³/mol. The van der Waals surface area contributed by atoms with Crippen LogP contribution in [0.4, 0.5) is 4.39 Å². The van der Waals surface area contributed by atoms with Gasteiger partial charge < -0.3 is 4.74 Å². The van der Waals surface area contributed by atoms with Crippen molar-refractivity contribution >= 4 is 9.84 Å². The lowest BCUT2D eigenvalue weighted by Crippen LogP contribution is -2.29. The first-order valence-electron chi connectivity index (χ1n) is 5.57. The zero-order chi connectivity index (χ0) is 12.5. The van der Waals surface area contributed by atoms with Gasteiger partial charge in [0, 0.05) is 5.56 Å². The fourth-order valence-corrected chi connectivity index (χ4v) is 3.89. The van der Waals surface area contributed by atoms with Crippen molar-refractivity contribution in [3.05, 3.63) is 29.6 Å². The van der Waals surface area contributed by atoms with E-state index >= 15 is 0 Å². The number of rotatable bonds is 4. The molecule has 17 heavy (non-hydrogen) atoms. The summed E-state index contributed by atoms with van der Waals surface area (Å²) in [6.07, 6.45) is 2.33. The van der Waals surface area contributed by atoms with Crippen molar-refractivity contribution in [3.8, 4) is 5.75 Å². The van der Waals surface area contributed by atoms with Gasteiger partial charge in [-0.1, -0.05) is 12.5 Å². The fourth-order valence-electron chi connectivity index (χ4n) is 1.92. The minimum Gasteiger partial charge on any atom is -0.496 e. The summed E-state index contributed by atoms with van der Waals surface area (Å²) >= 11 is 0. The van der Waals surface area contributed by atoms with Crippen LogP contribution >= 0.6 is 0 Å². The number of hydrogen-bond acceptors (Lipinski definition) is 3. The van der Waals surface area contributed by atoms with Crippen molar-refractivity contribution in [2.45, 2.75) is 30.3 Å². The zero-order valence-electron chi connectivity index (χ0n) is 9.65. The van der Waals surface area contributed by atoms with E-state index < -0.39 is 15.7 Å². The number of sulfone groups is 1. The normalized spacial score (nSPS) is 16.6. The monoisotopic (exact) mass is 258 g/mol. The molecule has 0 aromatic heterocycles. The Hall–Kier alpha value is -1.10. The minimum atomic E-state index is -3.25. The SMILES string of the molecule is COc1cccc(F)c1CS(=O)(=O)C1CCC1. The van der Waals surface area contributed by atoms with E-state index in [1.165, 1.54) is 19.2 Å². The number of ether oxygens (including phenoxy) is 1. The molecule has 0 N–H and O–H groups in total. The molecule has 1 aliphatic rings. The molecule has 0 unspecified atom stereocenters. The maximum Gasteiger partial charge on any atom is 0.157 e. The minimum absolute atomic E-state index is 0.141. The number of methoxy groups -OCH3 is 1. The summed E-state index contributed by atoms with van der Waals surface area (Å²) in [5.41, 5.74) is 0.141. The molecule has 1 aromatic rings. The lowest BCUT2D eigenvalue weighted by molar-refractivity contribution is 0.405. The highest BCUT2D eigenvalue weighted by Gasteiger charge is 2.32. The molecule has 0 spiro atoms. The maximum atomic E-state index is 13.6. The third-order valence-corrected chi connectivity index (χ3v) is 5.38. The number of halogens is 1. The molecular weight excluding hydrogens is 243 g/mol. The molecule has 0 bridgehead atoms. The Bertz CT molecular complexity index is 506. The van der Waals surface area contributed by atoms with Gasteiger partial charge in [0.2, 0.25) is 0 Å². The van der Waals surface area contributed by atoms with Gasteiger partial charge in [-0.05, 0) is 25.0 Å². The van der Waals surface area contributed by atoms with Crippen LogP contribution in [0.2, 0.25) is 0 Å². The van der Waals surface area contributed by atoms with Crippen LogP contribution in [-0.2, 0) is 15.6 Å². The van der Waals surface area contributed by atoms with Crippen LogP contribution in [0.5, 0.6) is 5.75 Å². The van der Waals surface area contributed by atoms with Gasteiger partial charge in [-0.2, -0.15) is 0 Å². The summed E-state index contributed by atoms with van der Waals surface area (Å²) in [4.78, 5) is 0. The highest BCUT2D eigenvalue weighted by molar-refractivity contribution is 7.91. The lowest BCUT2D eigenvalue weighted by Gasteiger charge is -2.25. The number of benzene rings is 1. The molecule has 2 rings (SSSR count). The maximum absolute atomic E-state index is 13.6. The molecule has 3 nitrogen and oxygen atoms in total. The van der Waals surface area contributed by atoms with Crippen molar-refractivity contribution in [3.63, 3.8) is 0 Å². The van der Waals surface area contributed by atoms with E-state index in [-0.39, 0.29) is 16.6 Å². The van der Waals surface area contributed by atoms with Gasteiger partial charge in [0.15, 0.2) is 9.84 Å². The molecule has 0 radical (unpaired) electrons. The van der Waals surface area contributed by atoms with Crippen molar-refractivity contribution in [2.24, 2.45) is 0 Å². The average molecular weight is 258 g/mol. The van der Waals surface area contributed by atoms with Gasteiger partial charge in [-0.25, -0.2) is 12.8 Å². The van der Waals surface area contributed by atoms with Gasteiger partial charge in [0.25, 0.3) is 0 Å². The van der Waals surface area contributed by atoms with Crippen LogP contribution < -0.4 is 4.74 Å². The average Bonchev–Trinajstić information content (AvgIpc) is 2.17.